The molecule has 0 bridgehead atoms. The highest BCUT2D eigenvalue weighted by atomic mass is 16.6. The molecule has 8 nitrogen and oxygen atoms in total. The molecule has 0 atom stereocenters. The van der Waals surface area contributed by atoms with Gasteiger partial charge < -0.3 is 14.8 Å². The number of carboxylic acids is 1. The van der Waals surface area contributed by atoms with Crippen LogP contribution in [-0.2, 0) is 4.79 Å². The van der Waals surface area contributed by atoms with Gasteiger partial charge in [0, 0.05) is 29.5 Å². The maximum Gasteiger partial charge on any atom is 0.335 e. The number of nitrogens with one attached hydrogen (secondary N) is 1. The largest absolute Gasteiger partial charge is 0.478 e. The molecule has 152 valence electrons. The number of furan rings is 1. The average molecular weight is 406 g/mol. The van der Waals surface area contributed by atoms with Crippen LogP contribution < -0.4 is 5.32 Å². The molecule has 2 aromatic carbocycles. The van der Waals surface area contributed by atoms with Crippen molar-refractivity contribution in [2.75, 3.05) is 5.32 Å². The molecular weight excluding hydrogens is 388 g/mol. The first-order valence-corrected chi connectivity index (χ1v) is 8.93. The predicted octanol–water partition coefficient (Wildman–Crippen LogP) is 4.82. The van der Waals surface area contributed by atoms with Gasteiger partial charge in [0.25, 0.3) is 5.69 Å². The first kappa shape index (κ1) is 20.5. The van der Waals surface area contributed by atoms with Gasteiger partial charge in [0.2, 0.25) is 5.91 Å². The first-order valence-electron chi connectivity index (χ1n) is 8.93. The number of non-ortho nitro benzene ring substituents is 1. The van der Waals surface area contributed by atoms with Gasteiger partial charge >= 0.3 is 5.97 Å². The van der Waals surface area contributed by atoms with Crippen LogP contribution in [0.15, 0.2) is 59.0 Å². The van der Waals surface area contributed by atoms with E-state index in [1.807, 2.05) is 0 Å². The van der Waals surface area contributed by atoms with Crippen LogP contribution in [0.25, 0.3) is 17.4 Å². The standard InChI is InChI=1S/C22H18N2O6/c1-13-12-16(24(28)29)4-7-18(13)20-9-5-17(30-20)6-10-21(25)23-19-8-3-15(22(26)27)11-14(19)2/h3-12H,1-2H3,(H,23,25)(H,26,27)/b10-6+. The van der Waals surface area contributed by atoms with Crippen LogP contribution >= 0.6 is 0 Å². The van der Waals surface area contributed by atoms with E-state index in [0.717, 1.165) is 5.56 Å². The monoisotopic (exact) mass is 406 g/mol. The van der Waals surface area contributed by atoms with Gasteiger partial charge in [-0.05, 0) is 67.4 Å². The van der Waals surface area contributed by atoms with Crippen molar-refractivity contribution in [2.24, 2.45) is 0 Å². The lowest BCUT2D eigenvalue weighted by Gasteiger charge is -2.07. The zero-order valence-electron chi connectivity index (χ0n) is 16.2. The molecule has 0 radical (unpaired) electrons. The number of nitrogens with zero attached hydrogens (tertiary/aromatic N) is 1. The molecule has 1 aromatic heterocycles. The third-order valence-corrected chi connectivity index (χ3v) is 4.44. The summed E-state index contributed by atoms with van der Waals surface area (Å²) >= 11 is 0. The number of carbonyl (C=O) groups is 2. The maximum atomic E-state index is 12.2. The van der Waals surface area contributed by atoms with E-state index in [4.69, 9.17) is 9.52 Å². The summed E-state index contributed by atoms with van der Waals surface area (Å²) in [6.07, 6.45) is 2.80. The molecule has 0 saturated carbocycles. The normalized spacial score (nSPS) is 10.9. The Labute approximate surface area is 171 Å². The van der Waals surface area contributed by atoms with Gasteiger partial charge in [-0.3, -0.25) is 14.9 Å². The molecule has 3 rings (SSSR count). The average Bonchev–Trinajstić information content (AvgIpc) is 3.16. The van der Waals surface area contributed by atoms with Gasteiger partial charge in [0.05, 0.1) is 10.5 Å². The minimum absolute atomic E-state index is 0.00581. The lowest BCUT2D eigenvalue weighted by atomic mass is 10.1. The van der Waals surface area contributed by atoms with Crippen LogP contribution in [0.1, 0.15) is 27.2 Å². The summed E-state index contributed by atoms with van der Waals surface area (Å²) < 4.78 is 5.72. The Morgan fingerprint density at radius 1 is 1.07 bits per heavy atom. The minimum Gasteiger partial charge on any atom is -0.478 e. The van der Waals surface area contributed by atoms with Crippen LogP contribution in [0.2, 0.25) is 0 Å². The summed E-state index contributed by atoms with van der Waals surface area (Å²) in [7, 11) is 0. The van der Waals surface area contributed by atoms with E-state index in [0.29, 0.717) is 28.3 Å². The number of benzene rings is 2. The summed E-state index contributed by atoms with van der Waals surface area (Å²) in [5.41, 5.74) is 2.71. The molecule has 0 unspecified atom stereocenters. The Morgan fingerprint density at radius 2 is 1.83 bits per heavy atom. The molecule has 0 spiro atoms. The number of anilines is 1. The topological polar surface area (TPSA) is 123 Å². The smallest absolute Gasteiger partial charge is 0.335 e. The number of aryl methyl sites for hydroxylation is 2. The molecule has 0 saturated heterocycles. The molecule has 0 aliphatic heterocycles. The van der Waals surface area contributed by atoms with Crippen molar-refractivity contribution in [2.45, 2.75) is 13.8 Å². The van der Waals surface area contributed by atoms with Crippen LogP contribution in [0.3, 0.4) is 0 Å². The minimum atomic E-state index is -1.03. The highest BCUT2D eigenvalue weighted by molar-refractivity contribution is 6.02. The zero-order valence-corrected chi connectivity index (χ0v) is 16.2. The highest BCUT2D eigenvalue weighted by Gasteiger charge is 2.12. The molecule has 8 heteroatoms. The number of nitro benzene ring substituents is 1. The lowest BCUT2D eigenvalue weighted by molar-refractivity contribution is -0.384. The fourth-order valence-corrected chi connectivity index (χ4v) is 2.89. The van der Waals surface area contributed by atoms with Crippen molar-refractivity contribution in [1.29, 1.82) is 0 Å². The summed E-state index contributed by atoms with van der Waals surface area (Å²) in [5.74, 6) is -0.461. The van der Waals surface area contributed by atoms with E-state index in [1.54, 1.807) is 32.0 Å². The Bertz CT molecular complexity index is 1180. The second-order valence-electron chi connectivity index (χ2n) is 6.62. The SMILES string of the molecule is Cc1cc(C(=O)O)ccc1NC(=O)/C=C/c1ccc(-c2ccc([N+](=O)[O-])cc2C)o1. The molecule has 0 aliphatic rings. The summed E-state index contributed by atoms with van der Waals surface area (Å²) in [5, 5.41) is 22.5. The van der Waals surface area contributed by atoms with Crippen molar-refractivity contribution in [3.63, 3.8) is 0 Å². The Morgan fingerprint density at radius 3 is 2.47 bits per heavy atom. The Balaban J connectivity index is 1.70. The van der Waals surface area contributed by atoms with Gasteiger partial charge in [0.1, 0.15) is 11.5 Å². The molecule has 1 amide bonds. The molecule has 0 fully saturated rings. The second kappa shape index (κ2) is 8.44. The predicted molar refractivity (Wildman–Crippen MR) is 111 cm³/mol. The Hall–Kier alpha value is -4.20. The summed E-state index contributed by atoms with van der Waals surface area (Å²) in [6.45, 7) is 3.46. The molecule has 0 aliphatic carbocycles. The van der Waals surface area contributed by atoms with Crippen LogP contribution in [0, 0.1) is 24.0 Å². The van der Waals surface area contributed by atoms with E-state index < -0.39 is 16.8 Å². The number of carbonyl (C=O) groups excluding carboxylic acids is 1. The van der Waals surface area contributed by atoms with E-state index in [9.17, 15) is 19.7 Å². The quantitative estimate of drug-likeness (QED) is 0.344. The molecule has 3 aromatic rings. The third kappa shape index (κ3) is 4.61. The van der Waals surface area contributed by atoms with E-state index in [1.165, 1.54) is 42.5 Å². The van der Waals surface area contributed by atoms with Crippen molar-refractivity contribution in [3.05, 3.63) is 87.2 Å². The van der Waals surface area contributed by atoms with Gasteiger partial charge in [-0.2, -0.15) is 0 Å². The number of hydrogen-bond donors (Lipinski definition) is 2. The van der Waals surface area contributed by atoms with Crippen molar-refractivity contribution in [3.8, 4) is 11.3 Å². The van der Waals surface area contributed by atoms with E-state index >= 15 is 0 Å². The first-order chi connectivity index (χ1) is 14.2. The van der Waals surface area contributed by atoms with Crippen molar-refractivity contribution >= 4 is 29.3 Å². The van der Waals surface area contributed by atoms with Crippen LogP contribution in [-0.4, -0.2) is 21.9 Å². The summed E-state index contributed by atoms with van der Waals surface area (Å²) in [6, 6.07) is 12.3. The van der Waals surface area contributed by atoms with E-state index in [2.05, 4.69) is 5.32 Å². The second-order valence-corrected chi connectivity index (χ2v) is 6.62. The molecule has 30 heavy (non-hydrogen) atoms. The molecular formula is C22H18N2O6. The lowest BCUT2D eigenvalue weighted by Crippen LogP contribution is -2.09. The van der Waals surface area contributed by atoms with Crippen molar-refractivity contribution < 1.29 is 24.0 Å². The number of rotatable bonds is 6. The molecule has 2 N–H and O–H groups in total. The van der Waals surface area contributed by atoms with Crippen LogP contribution in [0.5, 0.6) is 0 Å². The van der Waals surface area contributed by atoms with Crippen LogP contribution in [0.4, 0.5) is 11.4 Å². The zero-order chi connectivity index (χ0) is 21.8. The molecule has 1 heterocycles. The van der Waals surface area contributed by atoms with Gasteiger partial charge in [-0.25, -0.2) is 4.79 Å². The fraction of sp³-hybridized carbons (Fsp3) is 0.0909. The van der Waals surface area contributed by atoms with E-state index in [-0.39, 0.29) is 11.3 Å². The third-order valence-electron chi connectivity index (χ3n) is 4.44. The fourth-order valence-electron chi connectivity index (χ4n) is 2.89. The number of amides is 1. The number of nitro groups is 1. The highest BCUT2D eigenvalue weighted by Crippen LogP contribution is 2.28. The maximum absolute atomic E-state index is 12.2. The Kier molecular flexibility index (Phi) is 5.78. The number of aromatic carboxylic acids is 1. The van der Waals surface area contributed by atoms with Gasteiger partial charge in [-0.15, -0.1) is 0 Å². The summed E-state index contributed by atoms with van der Waals surface area (Å²) in [4.78, 5) is 33.6. The van der Waals surface area contributed by atoms with Crippen molar-refractivity contribution in [1.82, 2.24) is 0 Å². The number of hydrogen-bond acceptors (Lipinski definition) is 5. The number of carboxylic acid groups (broad SMARTS) is 1. The van der Waals surface area contributed by atoms with Gasteiger partial charge in [-0.1, -0.05) is 0 Å². The van der Waals surface area contributed by atoms with Gasteiger partial charge in [0.15, 0.2) is 0 Å².